The van der Waals surface area contributed by atoms with Gasteiger partial charge in [0.05, 0.1) is 4.92 Å². The molecule has 0 aromatic heterocycles. The van der Waals surface area contributed by atoms with Crippen LogP contribution in [0.5, 0.6) is 0 Å². The minimum absolute atomic E-state index is 0.0388. The number of ether oxygens (including phenoxy) is 1. The number of hydrogen-bond donors (Lipinski definition) is 0. The summed E-state index contributed by atoms with van der Waals surface area (Å²) in [5.41, 5.74) is 1.52. The molecule has 6 nitrogen and oxygen atoms in total. The van der Waals surface area contributed by atoms with E-state index in [9.17, 15) is 14.9 Å². The van der Waals surface area contributed by atoms with Gasteiger partial charge in [-0.2, -0.15) is 0 Å². The molecule has 1 aliphatic rings. The van der Waals surface area contributed by atoms with E-state index in [-0.39, 0.29) is 17.3 Å². The van der Waals surface area contributed by atoms with Crippen LogP contribution in [0.3, 0.4) is 0 Å². The highest BCUT2D eigenvalue weighted by atomic mass is 16.6. The van der Waals surface area contributed by atoms with Crippen LogP contribution in [0.1, 0.15) is 11.1 Å². The summed E-state index contributed by atoms with van der Waals surface area (Å²) in [6.45, 7) is 0. The first-order valence-electron chi connectivity index (χ1n) is 10.0. The molecule has 1 aliphatic heterocycles. The fourth-order valence-electron chi connectivity index (χ4n) is 4.29. The minimum atomic E-state index is -0.552. The molecule has 6 heteroatoms. The fourth-order valence-corrected chi connectivity index (χ4v) is 4.29. The lowest BCUT2D eigenvalue weighted by molar-refractivity contribution is -0.384. The number of nitro benzene ring substituents is 1. The maximum Gasteiger partial charge on any atom is 0.363 e. The molecule has 0 amide bonds. The molecule has 0 N–H and O–H groups in total. The molecule has 32 heavy (non-hydrogen) atoms. The molecule has 0 aliphatic carbocycles. The Morgan fingerprint density at radius 2 is 1.47 bits per heavy atom. The molecule has 0 radical (unpaired) electrons. The molecule has 0 atom stereocenters. The Morgan fingerprint density at radius 3 is 2.19 bits per heavy atom. The van der Waals surface area contributed by atoms with Gasteiger partial charge in [-0.25, -0.2) is 9.79 Å². The second kappa shape index (κ2) is 6.72. The summed E-state index contributed by atoms with van der Waals surface area (Å²) in [5, 5.41) is 17.7. The van der Waals surface area contributed by atoms with Crippen molar-refractivity contribution in [2.45, 2.75) is 0 Å². The number of hydrogen-bond acceptors (Lipinski definition) is 5. The number of esters is 1. The quantitative estimate of drug-likeness (QED) is 0.121. The number of non-ortho nitro benzene ring substituents is 1. The summed E-state index contributed by atoms with van der Waals surface area (Å²) in [5.74, 6) is -0.419. The van der Waals surface area contributed by atoms with Crippen LogP contribution in [0.2, 0.25) is 0 Å². The van der Waals surface area contributed by atoms with E-state index in [1.807, 2.05) is 18.2 Å². The molecular weight excluding hydrogens is 404 g/mol. The van der Waals surface area contributed by atoms with Gasteiger partial charge in [0.1, 0.15) is 0 Å². The molecule has 0 bridgehead atoms. The highest BCUT2D eigenvalue weighted by Crippen LogP contribution is 2.36. The Morgan fingerprint density at radius 1 is 0.812 bits per heavy atom. The summed E-state index contributed by atoms with van der Waals surface area (Å²) < 4.78 is 5.33. The smallest absolute Gasteiger partial charge is 0.363 e. The van der Waals surface area contributed by atoms with Crippen molar-refractivity contribution in [3.8, 4) is 0 Å². The van der Waals surface area contributed by atoms with E-state index < -0.39 is 10.9 Å². The lowest BCUT2D eigenvalue weighted by Gasteiger charge is -2.12. The highest BCUT2D eigenvalue weighted by Gasteiger charge is 2.25. The molecule has 0 saturated heterocycles. The van der Waals surface area contributed by atoms with E-state index in [2.05, 4.69) is 41.4 Å². The first-order chi connectivity index (χ1) is 15.6. The maximum absolute atomic E-state index is 12.5. The number of carbonyl (C=O) groups is 1. The minimum Gasteiger partial charge on any atom is -0.402 e. The SMILES string of the molecule is O=C1OC(c2ccc([N+](=O)[O-])cc2)=NC1=Cc1ccc2ccc3cccc4ccc1c2c34. The molecule has 152 valence electrons. The van der Waals surface area contributed by atoms with Gasteiger partial charge in [0.2, 0.25) is 5.90 Å². The lowest BCUT2D eigenvalue weighted by Crippen LogP contribution is -2.05. The van der Waals surface area contributed by atoms with Gasteiger partial charge < -0.3 is 4.74 Å². The van der Waals surface area contributed by atoms with Gasteiger partial charge in [0, 0.05) is 17.7 Å². The Bertz CT molecular complexity index is 1620. The van der Waals surface area contributed by atoms with Crippen LogP contribution in [0, 0.1) is 10.1 Å². The number of aliphatic imine (C=N–C) groups is 1. The zero-order valence-corrected chi connectivity index (χ0v) is 16.6. The van der Waals surface area contributed by atoms with Crippen molar-refractivity contribution in [1.29, 1.82) is 0 Å². The summed E-state index contributed by atoms with van der Waals surface area (Å²) in [6.07, 6.45) is 1.73. The van der Waals surface area contributed by atoms with Gasteiger partial charge in [-0.1, -0.05) is 54.6 Å². The zero-order valence-electron chi connectivity index (χ0n) is 16.6. The molecule has 6 rings (SSSR count). The Kier molecular flexibility index (Phi) is 3.82. The summed E-state index contributed by atoms with van der Waals surface area (Å²) in [6, 6.07) is 24.4. The van der Waals surface area contributed by atoms with E-state index in [1.165, 1.54) is 40.4 Å². The van der Waals surface area contributed by atoms with Crippen LogP contribution in [0.15, 0.2) is 89.6 Å². The highest BCUT2D eigenvalue weighted by molar-refractivity contribution is 6.24. The van der Waals surface area contributed by atoms with E-state index in [0.29, 0.717) is 5.56 Å². The summed E-state index contributed by atoms with van der Waals surface area (Å²) in [4.78, 5) is 27.2. The van der Waals surface area contributed by atoms with Gasteiger partial charge in [0.25, 0.3) is 5.69 Å². The van der Waals surface area contributed by atoms with Crippen molar-refractivity contribution in [2.75, 3.05) is 0 Å². The van der Waals surface area contributed by atoms with Crippen LogP contribution >= 0.6 is 0 Å². The second-order valence-electron chi connectivity index (χ2n) is 7.65. The molecule has 0 spiro atoms. The number of nitro groups is 1. The molecule has 5 aromatic carbocycles. The number of rotatable bonds is 3. The van der Waals surface area contributed by atoms with Gasteiger partial charge in [-0.05, 0) is 56.1 Å². The molecule has 1 heterocycles. The van der Waals surface area contributed by atoms with Gasteiger partial charge in [-0.15, -0.1) is 0 Å². The van der Waals surface area contributed by atoms with E-state index >= 15 is 0 Å². The third kappa shape index (κ3) is 2.74. The predicted molar refractivity (Wildman–Crippen MR) is 124 cm³/mol. The van der Waals surface area contributed by atoms with Crippen LogP contribution in [-0.4, -0.2) is 16.8 Å². The molecule has 0 unspecified atom stereocenters. The number of nitrogens with zero attached hydrogens (tertiary/aromatic N) is 2. The monoisotopic (exact) mass is 418 g/mol. The Labute approximate surface area is 181 Å². The predicted octanol–water partition coefficient (Wildman–Crippen LogP) is 5.84. The third-order valence-corrected chi connectivity index (χ3v) is 5.80. The Balaban J connectivity index is 1.48. The van der Waals surface area contributed by atoms with Crippen LogP contribution in [0.4, 0.5) is 5.69 Å². The molecule has 0 saturated carbocycles. The lowest BCUT2D eigenvalue weighted by atomic mass is 9.92. The fraction of sp³-hybridized carbons (Fsp3) is 0. The summed E-state index contributed by atoms with van der Waals surface area (Å²) >= 11 is 0. The topological polar surface area (TPSA) is 81.8 Å². The van der Waals surface area contributed by atoms with Crippen LogP contribution in [0.25, 0.3) is 38.4 Å². The van der Waals surface area contributed by atoms with Crippen molar-refractivity contribution in [3.05, 3.63) is 106 Å². The van der Waals surface area contributed by atoms with Crippen molar-refractivity contribution in [3.63, 3.8) is 0 Å². The maximum atomic E-state index is 12.5. The van der Waals surface area contributed by atoms with Crippen molar-refractivity contribution >= 4 is 55.9 Å². The van der Waals surface area contributed by atoms with Crippen molar-refractivity contribution in [1.82, 2.24) is 0 Å². The van der Waals surface area contributed by atoms with E-state index in [0.717, 1.165) is 21.7 Å². The standard InChI is InChI=1S/C26H14N2O4/c29-26-22(27-25(32-26)18-8-11-20(12-9-18)28(30)31)14-19-7-6-17-5-4-15-2-1-3-16-10-13-21(19)24(17)23(15)16/h1-14H. The third-order valence-electron chi connectivity index (χ3n) is 5.80. The van der Waals surface area contributed by atoms with Gasteiger partial charge in [0.15, 0.2) is 5.70 Å². The number of benzene rings is 5. The number of carbonyl (C=O) groups excluding carboxylic acids is 1. The average molecular weight is 418 g/mol. The normalized spacial score (nSPS) is 15.1. The van der Waals surface area contributed by atoms with Crippen LogP contribution in [-0.2, 0) is 9.53 Å². The molecular formula is C26H14N2O4. The van der Waals surface area contributed by atoms with Gasteiger partial charge in [-0.3, -0.25) is 10.1 Å². The van der Waals surface area contributed by atoms with E-state index in [4.69, 9.17) is 4.74 Å². The Hall–Kier alpha value is -4.58. The van der Waals surface area contributed by atoms with Crippen molar-refractivity contribution in [2.24, 2.45) is 4.99 Å². The zero-order chi connectivity index (χ0) is 21.8. The first kappa shape index (κ1) is 18.2. The summed E-state index contributed by atoms with van der Waals surface area (Å²) in [7, 11) is 0. The van der Waals surface area contributed by atoms with E-state index in [1.54, 1.807) is 6.08 Å². The van der Waals surface area contributed by atoms with Crippen molar-refractivity contribution < 1.29 is 14.5 Å². The first-order valence-corrected chi connectivity index (χ1v) is 10.0. The van der Waals surface area contributed by atoms with Gasteiger partial charge >= 0.3 is 5.97 Å². The molecule has 5 aromatic rings. The number of cyclic esters (lactones) is 1. The largest absolute Gasteiger partial charge is 0.402 e. The average Bonchev–Trinajstić information content (AvgIpc) is 3.18. The van der Waals surface area contributed by atoms with Crippen LogP contribution < -0.4 is 0 Å². The second-order valence-corrected chi connectivity index (χ2v) is 7.65. The molecule has 0 fully saturated rings.